The van der Waals surface area contributed by atoms with Crippen molar-refractivity contribution in [3.8, 4) is 0 Å². The summed E-state index contributed by atoms with van der Waals surface area (Å²) in [6, 6.07) is 0. The van der Waals surface area contributed by atoms with Crippen molar-refractivity contribution in [2.24, 2.45) is 0 Å². The molecule has 0 aromatic rings. The van der Waals surface area contributed by atoms with Crippen LogP contribution in [0.4, 0.5) is 0 Å². The lowest BCUT2D eigenvalue weighted by Crippen LogP contribution is -2.60. The lowest BCUT2D eigenvalue weighted by Gasteiger charge is -2.43. The molecule has 5 atom stereocenters. The van der Waals surface area contributed by atoms with Crippen LogP contribution in [0.3, 0.4) is 0 Å². The van der Waals surface area contributed by atoms with Crippen LogP contribution in [0.5, 0.6) is 0 Å². The summed E-state index contributed by atoms with van der Waals surface area (Å²) in [7, 11) is 0. The number of carbonyl (C=O) groups is 3. The number of rotatable bonds is 7. The van der Waals surface area contributed by atoms with E-state index in [1.54, 1.807) is 0 Å². The number of hydrogen-bond donors (Lipinski definition) is 0. The van der Waals surface area contributed by atoms with Gasteiger partial charge in [-0.2, -0.15) is 0 Å². The standard InChI is InChI=1S/C15H21BrO8/c1-5-6-20-14-13(23-10(4)19)12(22-9(3)18)11(24-15(14)16)7-21-8(2)17/h5,11-15H,1,6-7H2,2-4H3/t11-,12+,13+,14-,15?/m1/s1/i2D,3D,4D. The molecule has 0 spiro atoms. The molecular weight excluding hydrogens is 388 g/mol. The summed E-state index contributed by atoms with van der Waals surface area (Å²) in [6.07, 6.45) is -2.95. The van der Waals surface area contributed by atoms with Crippen LogP contribution in [0.15, 0.2) is 12.7 Å². The van der Waals surface area contributed by atoms with Crippen molar-refractivity contribution in [3.63, 3.8) is 0 Å². The number of halogens is 1. The van der Waals surface area contributed by atoms with Gasteiger partial charge in [-0.1, -0.05) is 22.0 Å². The zero-order valence-corrected chi connectivity index (χ0v) is 14.4. The van der Waals surface area contributed by atoms with Crippen molar-refractivity contribution in [2.45, 2.75) is 50.1 Å². The molecule has 0 saturated carbocycles. The van der Waals surface area contributed by atoms with E-state index < -0.39 is 68.0 Å². The largest absolute Gasteiger partial charge is 0.463 e. The number of carbonyl (C=O) groups excluding carboxylic acids is 3. The van der Waals surface area contributed by atoms with E-state index in [0.29, 0.717) is 0 Å². The van der Waals surface area contributed by atoms with Crippen molar-refractivity contribution in [2.75, 3.05) is 13.2 Å². The Morgan fingerprint density at radius 1 is 1.12 bits per heavy atom. The van der Waals surface area contributed by atoms with Crippen LogP contribution in [0.1, 0.15) is 24.8 Å². The summed E-state index contributed by atoms with van der Waals surface area (Å²) in [5.74, 6) is -2.62. The Hall–Kier alpha value is -1.45. The second-order valence-electron chi connectivity index (χ2n) is 4.70. The molecule has 1 aliphatic heterocycles. The van der Waals surface area contributed by atoms with Gasteiger partial charge in [0.25, 0.3) is 0 Å². The molecule has 0 aromatic carbocycles. The average molecular weight is 412 g/mol. The van der Waals surface area contributed by atoms with Gasteiger partial charge in [0.15, 0.2) is 12.2 Å². The molecule has 1 saturated heterocycles. The minimum absolute atomic E-state index is 0.0721. The number of hydrogen-bond acceptors (Lipinski definition) is 8. The van der Waals surface area contributed by atoms with Gasteiger partial charge in [0, 0.05) is 24.8 Å². The number of esters is 3. The first-order chi connectivity index (χ1) is 12.9. The fraction of sp³-hybridized carbons (Fsp3) is 0.667. The van der Waals surface area contributed by atoms with Crippen LogP contribution >= 0.6 is 15.9 Å². The van der Waals surface area contributed by atoms with Crippen molar-refractivity contribution in [3.05, 3.63) is 12.7 Å². The summed E-state index contributed by atoms with van der Waals surface area (Å²) in [4.78, 5) is 34.6. The van der Waals surface area contributed by atoms with Gasteiger partial charge in [-0.25, -0.2) is 0 Å². The van der Waals surface area contributed by atoms with Crippen LogP contribution in [0.25, 0.3) is 0 Å². The quantitative estimate of drug-likeness (QED) is 0.266. The molecule has 0 bridgehead atoms. The molecule has 0 radical (unpaired) electrons. The normalized spacial score (nSPS) is 31.0. The first kappa shape index (κ1) is 16.0. The van der Waals surface area contributed by atoms with Gasteiger partial charge in [-0.3, -0.25) is 14.4 Å². The maximum Gasteiger partial charge on any atom is 0.303 e. The minimum Gasteiger partial charge on any atom is -0.463 e. The molecule has 0 N–H and O–H groups in total. The van der Waals surface area contributed by atoms with Crippen LogP contribution in [0, 0.1) is 0 Å². The summed E-state index contributed by atoms with van der Waals surface area (Å²) in [5.41, 5.74) is 0. The Morgan fingerprint density at radius 3 is 2.33 bits per heavy atom. The van der Waals surface area contributed by atoms with Gasteiger partial charge >= 0.3 is 17.9 Å². The predicted molar refractivity (Wildman–Crippen MR) is 85.3 cm³/mol. The van der Waals surface area contributed by atoms with Crippen LogP contribution in [0.2, 0.25) is 0 Å². The SMILES string of the molecule is [2H]CC(=O)OC[C@H]1OC(Br)[C@H](OCC=C)[C@@H](OC(=O)C[2H])[C@H]1OC(=O)C[2H]. The smallest absolute Gasteiger partial charge is 0.303 e. The summed E-state index contributed by atoms with van der Waals surface area (Å²) >= 11 is 3.24. The maximum absolute atomic E-state index is 11.7. The second-order valence-corrected chi connectivity index (χ2v) is 5.61. The van der Waals surface area contributed by atoms with Crippen molar-refractivity contribution >= 4 is 33.8 Å². The average Bonchev–Trinajstić information content (AvgIpc) is 2.67. The summed E-state index contributed by atoms with van der Waals surface area (Å²) in [5, 5.41) is -0.827. The predicted octanol–water partition coefficient (Wildman–Crippen LogP) is 1.10. The third-order valence-electron chi connectivity index (χ3n) is 2.93. The molecule has 1 fully saturated rings. The van der Waals surface area contributed by atoms with Gasteiger partial charge < -0.3 is 23.7 Å². The highest BCUT2D eigenvalue weighted by molar-refractivity contribution is 9.09. The molecule has 8 nitrogen and oxygen atoms in total. The lowest BCUT2D eigenvalue weighted by atomic mass is 9.99. The van der Waals surface area contributed by atoms with Crippen molar-refractivity contribution < 1.29 is 42.2 Å². The highest BCUT2D eigenvalue weighted by Gasteiger charge is 2.50. The molecule has 1 unspecified atom stereocenters. The zero-order chi connectivity index (χ0) is 20.4. The van der Waals surface area contributed by atoms with Crippen LogP contribution in [-0.2, 0) is 38.1 Å². The Kier molecular flexibility index (Phi) is 6.52. The van der Waals surface area contributed by atoms with Crippen LogP contribution < -0.4 is 0 Å². The van der Waals surface area contributed by atoms with E-state index in [0.717, 1.165) is 0 Å². The monoisotopic (exact) mass is 411 g/mol. The van der Waals surface area contributed by atoms with E-state index in [-0.39, 0.29) is 13.2 Å². The van der Waals surface area contributed by atoms with Crippen LogP contribution in [-0.4, -0.2) is 60.6 Å². The molecule has 0 amide bonds. The van der Waals surface area contributed by atoms with E-state index in [9.17, 15) is 14.4 Å². The first-order valence-electron chi connectivity index (χ1n) is 8.94. The Bertz CT molecular complexity index is 535. The molecule has 0 aliphatic carbocycles. The number of ether oxygens (including phenoxy) is 5. The Morgan fingerprint density at radius 2 is 1.75 bits per heavy atom. The Balaban J connectivity index is 3.11. The topological polar surface area (TPSA) is 97.4 Å². The lowest BCUT2D eigenvalue weighted by molar-refractivity contribution is -0.237. The molecule has 1 heterocycles. The molecule has 1 aliphatic rings. The fourth-order valence-corrected chi connectivity index (χ4v) is 2.84. The van der Waals surface area contributed by atoms with Gasteiger partial charge in [0.1, 0.15) is 23.8 Å². The van der Waals surface area contributed by atoms with E-state index in [4.69, 9.17) is 27.8 Å². The third kappa shape index (κ3) is 6.21. The highest BCUT2D eigenvalue weighted by Crippen LogP contribution is 2.31. The van der Waals surface area contributed by atoms with E-state index >= 15 is 0 Å². The molecule has 1 rings (SSSR count). The maximum atomic E-state index is 11.7. The van der Waals surface area contributed by atoms with Gasteiger partial charge in [-0.05, 0) is 0 Å². The van der Waals surface area contributed by atoms with E-state index in [1.165, 1.54) is 6.08 Å². The minimum atomic E-state index is -1.25. The molecule has 9 heteroatoms. The van der Waals surface area contributed by atoms with Gasteiger partial charge in [-0.15, -0.1) is 6.58 Å². The van der Waals surface area contributed by atoms with Crippen molar-refractivity contribution in [1.29, 1.82) is 0 Å². The highest BCUT2D eigenvalue weighted by atomic mass is 79.9. The Labute approximate surface area is 152 Å². The second kappa shape index (κ2) is 9.75. The van der Waals surface area contributed by atoms with E-state index in [2.05, 4.69) is 22.5 Å². The molecule has 0 aromatic heterocycles. The molecule has 136 valence electrons. The third-order valence-corrected chi connectivity index (χ3v) is 3.66. The number of alkyl halides is 1. The van der Waals surface area contributed by atoms with E-state index in [1.807, 2.05) is 0 Å². The first-order valence-corrected chi connectivity index (χ1v) is 7.73. The van der Waals surface area contributed by atoms with Gasteiger partial charge in [0.2, 0.25) is 0 Å². The van der Waals surface area contributed by atoms with Crippen molar-refractivity contribution in [1.82, 2.24) is 0 Å². The molecule has 24 heavy (non-hydrogen) atoms. The summed E-state index contributed by atoms with van der Waals surface area (Å²) < 4.78 is 47.7. The molecular formula is C15H21BrO8. The van der Waals surface area contributed by atoms with Gasteiger partial charge in [0.05, 0.1) is 6.61 Å². The fourth-order valence-electron chi connectivity index (χ4n) is 2.11. The zero-order valence-electron chi connectivity index (χ0n) is 15.9. The summed E-state index contributed by atoms with van der Waals surface area (Å²) in [6.45, 7) is 1.25.